The van der Waals surface area contributed by atoms with E-state index in [1.165, 1.54) is 23.4 Å². The Labute approximate surface area is 481 Å². The number of aromatic nitrogens is 8. The number of carbonyl (C=O) groups excluding carboxylic acids is 2. The minimum Gasteiger partial charge on any atom is -0.494 e. The van der Waals surface area contributed by atoms with Gasteiger partial charge >= 0.3 is 0 Å². The number of piperazine rings is 2. The van der Waals surface area contributed by atoms with Crippen LogP contribution in [0.5, 0.6) is 5.75 Å². The zero-order valence-electron chi connectivity index (χ0n) is 47.3. The Bertz CT molecular complexity index is 3840. The number of rotatable bonds is 13. The van der Waals surface area contributed by atoms with Crippen molar-refractivity contribution < 1.29 is 14.3 Å². The molecule has 83 heavy (non-hydrogen) atoms. The highest BCUT2D eigenvalue weighted by Crippen LogP contribution is 2.34. The van der Waals surface area contributed by atoms with Gasteiger partial charge in [-0.25, -0.2) is 19.9 Å². The molecule has 4 aliphatic rings. The zero-order chi connectivity index (χ0) is 57.7. The molecule has 2 N–H and O–H groups in total. The van der Waals surface area contributed by atoms with Crippen LogP contribution in [-0.4, -0.2) is 170 Å². The predicted molar refractivity (Wildman–Crippen MR) is 325 cm³/mol. The van der Waals surface area contributed by atoms with Gasteiger partial charge in [0.25, 0.3) is 11.1 Å². The number of hydrogen-bond acceptors (Lipinski definition) is 17. The van der Waals surface area contributed by atoms with Gasteiger partial charge in [-0.3, -0.25) is 28.3 Å². The molecule has 21 heteroatoms. The molecule has 12 rings (SSSR count). The van der Waals surface area contributed by atoms with Gasteiger partial charge in [-0.1, -0.05) is 73.8 Å². The van der Waals surface area contributed by atoms with Crippen molar-refractivity contribution >= 4 is 68.8 Å². The molecule has 8 aromatic rings. The Morgan fingerprint density at radius 1 is 0.590 bits per heavy atom. The van der Waals surface area contributed by atoms with Crippen molar-refractivity contribution in [2.75, 3.05) is 120 Å². The standard InChI is InChI=1S/C31H34N8O3.C31H34N8O2/c1-4-27(40)38-13-12-23(20-38)39-29-25(33-28(30(39)41)21-8-6-5-7-9-21)19-32-31(35-29)34-24-11-10-22(18-26(24)42-3)37-16-14-36(2)15-17-37;1-4-27(40)38-13-12-24(20-38)39-29-25(34-28(30(39)41)22-8-6-5-7-9-22)19-32-31(35-29)33-23-10-11-26(21(2)18-23)37-16-14-36(3)15-17-37/h4-11,18-19,23H,1,12-17,20H2,2-3H3,(H,32,34,35);4-11,18-19,24H,1,12-17,20H2,2-3H3,(H,32,33,35). The molecule has 0 aliphatic carbocycles. The molecule has 4 fully saturated rings. The van der Waals surface area contributed by atoms with E-state index < -0.39 is 0 Å². The number of anilines is 6. The van der Waals surface area contributed by atoms with E-state index in [0.29, 0.717) is 102 Å². The summed E-state index contributed by atoms with van der Waals surface area (Å²) in [4.78, 5) is 93.4. The van der Waals surface area contributed by atoms with E-state index in [1.54, 1.807) is 38.4 Å². The van der Waals surface area contributed by atoms with Crippen LogP contribution in [0.1, 0.15) is 30.5 Å². The summed E-state index contributed by atoms with van der Waals surface area (Å²) in [5.74, 6) is 1.06. The second-order valence-corrected chi connectivity index (χ2v) is 21.4. The Hall–Kier alpha value is -9.34. The number of benzene rings is 4. The Kier molecular flexibility index (Phi) is 16.3. The molecule has 0 spiro atoms. The second-order valence-electron chi connectivity index (χ2n) is 21.4. The number of carbonyl (C=O) groups is 2. The van der Waals surface area contributed by atoms with Crippen molar-refractivity contribution in [3.8, 4) is 28.3 Å². The van der Waals surface area contributed by atoms with Crippen LogP contribution in [0, 0.1) is 6.92 Å². The summed E-state index contributed by atoms with van der Waals surface area (Å²) in [6.45, 7) is 19.2. The second kappa shape index (κ2) is 24.4. The van der Waals surface area contributed by atoms with E-state index >= 15 is 0 Å². The van der Waals surface area contributed by atoms with Crippen LogP contribution in [0.2, 0.25) is 0 Å². The topological polar surface area (TPSA) is 208 Å². The molecule has 4 aliphatic heterocycles. The van der Waals surface area contributed by atoms with Crippen molar-refractivity contribution in [3.05, 3.63) is 161 Å². The molecule has 8 heterocycles. The van der Waals surface area contributed by atoms with Gasteiger partial charge in [0.2, 0.25) is 23.7 Å². The van der Waals surface area contributed by atoms with Crippen molar-refractivity contribution in [2.45, 2.75) is 31.8 Å². The molecule has 0 bridgehead atoms. The van der Waals surface area contributed by atoms with E-state index in [-0.39, 0.29) is 35.0 Å². The van der Waals surface area contributed by atoms with Crippen LogP contribution in [0.4, 0.5) is 34.6 Å². The molecular formula is C62H68N16O5. The van der Waals surface area contributed by atoms with Gasteiger partial charge < -0.3 is 44.8 Å². The molecule has 2 atom stereocenters. The minimum atomic E-state index is -0.269. The number of nitrogens with zero attached hydrogens (tertiary/aromatic N) is 14. The number of amides is 2. The highest BCUT2D eigenvalue weighted by molar-refractivity contribution is 5.88. The first-order chi connectivity index (χ1) is 40.4. The van der Waals surface area contributed by atoms with Crippen LogP contribution in [0.25, 0.3) is 44.8 Å². The number of aryl methyl sites for hydroxylation is 1. The van der Waals surface area contributed by atoms with Crippen molar-refractivity contribution in [3.63, 3.8) is 0 Å². The molecule has 4 saturated heterocycles. The van der Waals surface area contributed by atoms with Gasteiger partial charge in [0.05, 0.1) is 37.3 Å². The van der Waals surface area contributed by atoms with E-state index in [2.05, 4.69) is 103 Å². The van der Waals surface area contributed by atoms with Crippen LogP contribution < -0.4 is 36.3 Å². The molecule has 4 aromatic carbocycles. The van der Waals surface area contributed by atoms with E-state index in [0.717, 1.165) is 69.3 Å². The lowest BCUT2D eigenvalue weighted by Gasteiger charge is -2.35. The lowest BCUT2D eigenvalue weighted by atomic mass is 10.1. The third kappa shape index (κ3) is 11.9. The first kappa shape index (κ1) is 55.6. The maximum absolute atomic E-state index is 14.0. The maximum atomic E-state index is 14.0. The summed E-state index contributed by atoms with van der Waals surface area (Å²) in [5, 5.41) is 6.60. The monoisotopic (exact) mass is 1120 g/mol. The normalized spacial score (nSPS) is 17.5. The number of fused-ring (bicyclic) bond motifs is 2. The molecule has 2 amide bonds. The minimum absolute atomic E-state index is 0.144. The zero-order valence-corrected chi connectivity index (χ0v) is 47.3. The lowest BCUT2D eigenvalue weighted by Crippen LogP contribution is -2.44. The summed E-state index contributed by atoms with van der Waals surface area (Å²) in [6.07, 6.45) is 7.14. The summed E-state index contributed by atoms with van der Waals surface area (Å²) < 4.78 is 9.08. The van der Waals surface area contributed by atoms with E-state index in [1.807, 2.05) is 78.9 Å². The Morgan fingerprint density at radius 3 is 1.57 bits per heavy atom. The molecule has 426 valence electrons. The molecular weight excluding hydrogens is 1050 g/mol. The van der Waals surface area contributed by atoms with Crippen LogP contribution in [-0.2, 0) is 9.59 Å². The van der Waals surface area contributed by atoms with E-state index in [4.69, 9.17) is 14.7 Å². The number of nitrogens with one attached hydrogen (secondary N) is 2. The fourth-order valence-corrected chi connectivity index (χ4v) is 11.4. The smallest absolute Gasteiger partial charge is 0.279 e. The molecule has 0 radical (unpaired) electrons. The molecule has 4 aromatic heterocycles. The molecule has 2 unspecified atom stereocenters. The van der Waals surface area contributed by atoms with Gasteiger partial charge in [0, 0.05) is 113 Å². The number of likely N-dealkylation sites (tertiary alicyclic amines) is 2. The average Bonchev–Trinajstić information content (AvgIpc) is 4.45. The van der Waals surface area contributed by atoms with Crippen molar-refractivity contribution in [1.29, 1.82) is 0 Å². The lowest BCUT2D eigenvalue weighted by molar-refractivity contribution is -0.125. The van der Waals surface area contributed by atoms with Gasteiger partial charge in [-0.15, -0.1) is 0 Å². The van der Waals surface area contributed by atoms with Crippen LogP contribution in [0.15, 0.2) is 144 Å². The fourth-order valence-electron chi connectivity index (χ4n) is 11.4. The summed E-state index contributed by atoms with van der Waals surface area (Å²) >= 11 is 0. The number of likely N-dealkylation sites (N-methyl/N-ethyl adjacent to an activating group) is 2. The van der Waals surface area contributed by atoms with Crippen LogP contribution in [0.3, 0.4) is 0 Å². The first-order valence-electron chi connectivity index (χ1n) is 28.1. The quantitative estimate of drug-likeness (QED) is 0.112. The Balaban J connectivity index is 0.000000174. The third-order valence-corrected chi connectivity index (χ3v) is 16.0. The van der Waals surface area contributed by atoms with Gasteiger partial charge in [-0.05, 0) is 81.9 Å². The van der Waals surface area contributed by atoms with Gasteiger partial charge in [0.1, 0.15) is 28.2 Å². The van der Waals surface area contributed by atoms with Crippen molar-refractivity contribution in [2.24, 2.45) is 0 Å². The summed E-state index contributed by atoms with van der Waals surface area (Å²) in [7, 11) is 5.93. The summed E-state index contributed by atoms with van der Waals surface area (Å²) in [6, 6.07) is 30.5. The van der Waals surface area contributed by atoms with Gasteiger partial charge in [0.15, 0.2) is 11.3 Å². The van der Waals surface area contributed by atoms with Crippen LogP contribution >= 0.6 is 0 Å². The average molecular weight is 1120 g/mol. The fraction of sp³-hybridized carbons (Fsp3) is 0.323. The number of hydrogen-bond donors (Lipinski definition) is 2. The van der Waals surface area contributed by atoms with Gasteiger partial charge in [-0.2, -0.15) is 9.97 Å². The number of ether oxygens (including phenoxy) is 1. The van der Waals surface area contributed by atoms with E-state index in [9.17, 15) is 19.2 Å². The van der Waals surface area contributed by atoms with Crippen molar-refractivity contribution in [1.82, 2.24) is 58.6 Å². The SMILES string of the molecule is C=CC(=O)N1CCC(n2c(=O)c(-c3ccccc3)nc3cnc(Nc4ccc(N5CCN(C)CC5)c(C)c4)nc32)C1.C=CC(=O)N1CCC(n2c(=O)c(-c3ccccc3)nc3cnc(Nc4ccc(N5CCN(C)CC5)cc4OC)nc32)C1. The number of methoxy groups -OCH3 is 1. The molecule has 0 saturated carbocycles. The predicted octanol–water partition coefficient (Wildman–Crippen LogP) is 6.93. The first-order valence-corrected chi connectivity index (χ1v) is 28.1. The molecule has 21 nitrogen and oxygen atoms in total. The summed E-state index contributed by atoms with van der Waals surface area (Å²) in [5.41, 5.74) is 8.53. The highest BCUT2D eigenvalue weighted by atomic mass is 16.5. The third-order valence-electron chi connectivity index (χ3n) is 16.0. The largest absolute Gasteiger partial charge is 0.494 e. The highest BCUT2D eigenvalue weighted by Gasteiger charge is 2.32. The Morgan fingerprint density at radius 2 is 1.08 bits per heavy atom. The maximum Gasteiger partial charge on any atom is 0.279 e.